The number of hydrogen-bond acceptors (Lipinski definition) is 5. The number of halogens is 1. The minimum Gasteiger partial charge on any atom is -0.395 e. The lowest BCUT2D eigenvalue weighted by atomic mass is 10.1. The molecule has 2 aliphatic heterocycles. The summed E-state index contributed by atoms with van der Waals surface area (Å²) in [5.41, 5.74) is 0. The lowest BCUT2D eigenvalue weighted by Crippen LogP contribution is -2.52. The lowest BCUT2D eigenvalue weighted by Gasteiger charge is -2.35. The minimum atomic E-state index is -0.135. The highest BCUT2D eigenvalue weighted by Gasteiger charge is 2.41. The van der Waals surface area contributed by atoms with Crippen LogP contribution in [-0.4, -0.2) is 88.1 Å². The number of thioether (sulfide) groups is 1. The van der Waals surface area contributed by atoms with Crippen molar-refractivity contribution in [3.05, 3.63) is 23.3 Å². The maximum atomic E-state index is 12.5. The zero-order chi connectivity index (χ0) is 16.4. The second kappa shape index (κ2) is 7.25. The van der Waals surface area contributed by atoms with Gasteiger partial charge < -0.3 is 14.9 Å². The van der Waals surface area contributed by atoms with E-state index in [1.807, 2.05) is 12.2 Å². The molecule has 0 bridgehead atoms. The Kier molecular flexibility index (Phi) is 5.31. The molecule has 3 aliphatic rings. The summed E-state index contributed by atoms with van der Waals surface area (Å²) in [6.45, 7) is 3.67. The van der Waals surface area contributed by atoms with Gasteiger partial charge in [-0.25, -0.2) is 0 Å². The summed E-state index contributed by atoms with van der Waals surface area (Å²) in [6, 6.07) is -0.135. The molecule has 2 amide bonds. The molecule has 0 aromatic rings. The third kappa shape index (κ3) is 3.74. The Morgan fingerprint density at radius 2 is 2.09 bits per heavy atom. The molecule has 1 aliphatic carbocycles. The monoisotopic (exact) mass is 357 g/mol. The van der Waals surface area contributed by atoms with E-state index in [1.54, 1.807) is 15.9 Å². The minimum absolute atomic E-state index is 0.0256. The van der Waals surface area contributed by atoms with Gasteiger partial charge in [-0.15, -0.1) is 0 Å². The quantitative estimate of drug-likeness (QED) is 0.803. The van der Waals surface area contributed by atoms with Gasteiger partial charge in [-0.1, -0.05) is 29.4 Å². The SMILES string of the molecule is O=C(CN1C(=O)S[C@H]2C=CC(Cl)=C[C@@H]21)N1CCN(CCO)CC1. The Bertz CT molecular complexity index is 546. The fourth-order valence-electron chi connectivity index (χ4n) is 3.07. The molecule has 3 rings (SSSR count). The number of fused-ring (bicyclic) bond motifs is 1. The predicted octanol–water partition coefficient (Wildman–Crippen LogP) is 0.721. The second-order valence-corrected chi connectivity index (χ2v) is 7.39. The van der Waals surface area contributed by atoms with Crippen molar-refractivity contribution in [1.29, 1.82) is 0 Å². The van der Waals surface area contributed by atoms with Crippen molar-refractivity contribution in [2.24, 2.45) is 0 Å². The standard InChI is InChI=1S/C15H20ClN3O3S/c16-11-1-2-13-12(9-11)19(15(22)23-13)10-14(21)18-5-3-17(4-6-18)7-8-20/h1-2,9,12-13,20H,3-8,10H2/t12-,13-/m0/s1. The van der Waals surface area contributed by atoms with Crippen molar-refractivity contribution in [2.75, 3.05) is 45.9 Å². The molecule has 0 radical (unpaired) electrons. The van der Waals surface area contributed by atoms with E-state index in [0.29, 0.717) is 24.7 Å². The lowest BCUT2D eigenvalue weighted by molar-refractivity contribution is -0.133. The molecule has 2 fully saturated rings. The third-order valence-corrected chi connectivity index (χ3v) is 5.79. The molecule has 0 aromatic carbocycles. The Morgan fingerprint density at radius 3 is 2.78 bits per heavy atom. The molecule has 8 heteroatoms. The van der Waals surface area contributed by atoms with Gasteiger partial charge in [0, 0.05) is 37.8 Å². The van der Waals surface area contributed by atoms with Gasteiger partial charge in [-0.05, 0) is 12.2 Å². The first kappa shape index (κ1) is 16.8. The van der Waals surface area contributed by atoms with Crippen LogP contribution in [0.5, 0.6) is 0 Å². The summed E-state index contributed by atoms with van der Waals surface area (Å²) in [6.07, 6.45) is 5.57. The van der Waals surface area contributed by atoms with Crippen LogP contribution in [0.3, 0.4) is 0 Å². The highest BCUT2D eigenvalue weighted by molar-refractivity contribution is 8.14. The molecular weight excluding hydrogens is 338 g/mol. The number of aliphatic hydroxyl groups is 1. The second-order valence-electron chi connectivity index (χ2n) is 5.82. The van der Waals surface area contributed by atoms with E-state index in [9.17, 15) is 9.59 Å². The van der Waals surface area contributed by atoms with Crippen molar-refractivity contribution in [3.63, 3.8) is 0 Å². The van der Waals surface area contributed by atoms with Crippen molar-refractivity contribution >= 4 is 34.5 Å². The topological polar surface area (TPSA) is 64.1 Å². The number of aliphatic hydroxyl groups excluding tert-OH is 1. The Hall–Kier alpha value is -1.02. The molecule has 2 heterocycles. The number of carbonyl (C=O) groups is 2. The maximum absolute atomic E-state index is 12.5. The smallest absolute Gasteiger partial charge is 0.283 e. The molecular formula is C15H20ClN3O3S. The zero-order valence-corrected chi connectivity index (χ0v) is 14.3. The van der Waals surface area contributed by atoms with Gasteiger partial charge in [0.1, 0.15) is 6.54 Å². The normalized spacial score (nSPS) is 28.1. The van der Waals surface area contributed by atoms with Crippen molar-refractivity contribution in [1.82, 2.24) is 14.7 Å². The van der Waals surface area contributed by atoms with E-state index in [4.69, 9.17) is 16.7 Å². The molecule has 2 saturated heterocycles. The molecule has 126 valence electrons. The van der Waals surface area contributed by atoms with Crippen LogP contribution in [0, 0.1) is 0 Å². The van der Waals surface area contributed by atoms with E-state index in [0.717, 1.165) is 13.1 Å². The number of rotatable bonds is 4. The summed E-state index contributed by atoms with van der Waals surface area (Å²) in [5, 5.41) is 9.53. The van der Waals surface area contributed by atoms with E-state index < -0.39 is 0 Å². The van der Waals surface area contributed by atoms with Crippen LogP contribution < -0.4 is 0 Å². The van der Waals surface area contributed by atoms with Crippen LogP contribution in [0.1, 0.15) is 0 Å². The summed E-state index contributed by atoms with van der Waals surface area (Å²) in [7, 11) is 0. The van der Waals surface area contributed by atoms with Crippen LogP contribution in [0.25, 0.3) is 0 Å². The largest absolute Gasteiger partial charge is 0.395 e. The van der Waals surface area contributed by atoms with Gasteiger partial charge in [-0.3, -0.25) is 14.5 Å². The molecule has 0 aromatic heterocycles. The highest BCUT2D eigenvalue weighted by Crippen LogP contribution is 2.36. The van der Waals surface area contributed by atoms with Crippen LogP contribution in [0.4, 0.5) is 4.79 Å². The van der Waals surface area contributed by atoms with Gasteiger partial charge in [-0.2, -0.15) is 0 Å². The fourth-order valence-corrected chi connectivity index (χ4v) is 4.35. The zero-order valence-electron chi connectivity index (χ0n) is 12.7. The van der Waals surface area contributed by atoms with Crippen molar-refractivity contribution in [3.8, 4) is 0 Å². The Balaban J connectivity index is 1.58. The summed E-state index contributed by atoms with van der Waals surface area (Å²) in [4.78, 5) is 30.2. The summed E-state index contributed by atoms with van der Waals surface area (Å²) in [5.74, 6) is -0.0256. The van der Waals surface area contributed by atoms with Crippen LogP contribution >= 0.6 is 23.4 Å². The molecule has 0 spiro atoms. The molecule has 6 nitrogen and oxygen atoms in total. The summed E-state index contributed by atoms with van der Waals surface area (Å²) >= 11 is 7.28. The molecule has 2 atom stereocenters. The fraction of sp³-hybridized carbons (Fsp3) is 0.600. The van der Waals surface area contributed by atoms with Gasteiger partial charge >= 0.3 is 0 Å². The highest BCUT2D eigenvalue weighted by atomic mass is 35.5. The Labute approximate surface area is 144 Å². The summed E-state index contributed by atoms with van der Waals surface area (Å²) < 4.78 is 0. The van der Waals surface area contributed by atoms with E-state index in [-0.39, 0.29) is 35.6 Å². The number of hydrogen-bond donors (Lipinski definition) is 1. The van der Waals surface area contributed by atoms with Gasteiger partial charge in [0.05, 0.1) is 17.9 Å². The predicted molar refractivity (Wildman–Crippen MR) is 90.5 cm³/mol. The van der Waals surface area contributed by atoms with E-state index >= 15 is 0 Å². The van der Waals surface area contributed by atoms with Gasteiger partial charge in [0.15, 0.2) is 0 Å². The number of amides is 2. The van der Waals surface area contributed by atoms with Crippen LogP contribution in [-0.2, 0) is 4.79 Å². The number of β-amino-alcohol motifs (C(OH)–C–C–N with tert-alkyl or cyclic N) is 1. The van der Waals surface area contributed by atoms with E-state index in [1.165, 1.54) is 11.8 Å². The van der Waals surface area contributed by atoms with Crippen LogP contribution in [0.2, 0.25) is 0 Å². The van der Waals surface area contributed by atoms with Gasteiger partial charge in [0.2, 0.25) is 5.91 Å². The number of nitrogens with zero attached hydrogens (tertiary/aromatic N) is 3. The first-order valence-electron chi connectivity index (χ1n) is 7.72. The Morgan fingerprint density at radius 1 is 1.35 bits per heavy atom. The first-order valence-corrected chi connectivity index (χ1v) is 8.98. The number of allylic oxidation sites excluding steroid dienone is 2. The van der Waals surface area contributed by atoms with Gasteiger partial charge in [0.25, 0.3) is 5.24 Å². The molecule has 0 saturated carbocycles. The maximum Gasteiger partial charge on any atom is 0.283 e. The first-order chi connectivity index (χ1) is 11.1. The van der Waals surface area contributed by atoms with E-state index in [2.05, 4.69) is 4.90 Å². The number of piperazine rings is 1. The molecule has 1 N–H and O–H groups in total. The average molecular weight is 358 g/mol. The molecule has 0 unspecified atom stereocenters. The average Bonchev–Trinajstić information content (AvgIpc) is 2.84. The van der Waals surface area contributed by atoms with Crippen LogP contribution in [0.15, 0.2) is 23.3 Å². The number of carbonyl (C=O) groups excluding carboxylic acids is 2. The third-order valence-electron chi connectivity index (χ3n) is 4.39. The molecule has 23 heavy (non-hydrogen) atoms. The van der Waals surface area contributed by atoms with Crippen molar-refractivity contribution < 1.29 is 14.7 Å². The van der Waals surface area contributed by atoms with Crippen molar-refractivity contribution in [2.45, 2.75) is 11.3 Å².